The Kier molecular flexibility index (Phi) is 6.16. The van der Waals surface area contributed by atoms with Crippen LogP contribution in [-0.4, -0.2) is 40.7 Å². The first kappa shape index (κ1) is 20.4. The maximum absolute atomic E-state index is 12.3. The van der Waals surface area contributed by atoms with Crippen LogP contribution in [0.3, 0.4) is 0 Å². The molecule has 0 spiro atoms. The van der Waals surface area contributed by atoms with Gasteiger partial charge in [0.1, 0.15) is 23.4 Å². The molecule has 0 aliphatic rings. The number of nitrogens with zero attached hydrogens (tertiary/aromatic N) is 2. The zero-order chi connectivity index (χ0) is 20.9. The van der Waals surface area contributed by atoms with Gasteiger partial charge < -0.3 is 14.8 Å². The van der Waals surface area contributed by atoms with E-state index in [1.165, 1.54) is 19.2 Å². The summed E-state index contributed by atoms with van der Waals surface area (Å²) in [6.45, 7) is 0.389. The molecule has 0 saturated heterocycles. The number of nitrogens with one attached hydrogen (secondary N) is 2. The van der Waals surface area contributed by atoms with Gasteiger partial charge in [0.05, 0.1) is 30.2 Å². The summed E-state index contributed by atoms with van der Waals surface area (Å²) < 4.78 is 37.4. The van der Waals surface area contributed by atoms with Crippen molar-refractivity contribution in [2.24, 2.45) is 0 Å². The molecule has 8 nitrogen and oxygen atoms in total. The minimum absolute atomic E-state index is 0.127. The standard InChI is InChI=1S/C20H20N4O4S/c1-27-16-3-6-18(7-4-16)29(25,26)23-10-9-22-20-15(13-21)11-14-12-17(28-2)5-8-19(14)24-20/h3-8,11-12,23H,9-10H2,1-2H3,(H,22,24). The van der Waals surface area contributed by atoms with Gasteiger partial charge in [0, 0.05) is 18.5 Å². The van der Waals surface area contributed by atoms with Crippen molar-refractivity contribution in [3.8, 4) is 17.6 Å². The number of benzene rings is 2. The Morgan fingerprint density at radius 1 is 1.00 bits per heavy atom. The summed E-state index contributed by atoms with van der Waals surface area (Å²) in [5, 5.41) is 13.2. The van der Waals surface area contributed by atoms with Crippen LogP contribution in [0.4, 0.5) is 5.82 Å². The second-order valence-electron chi connectivity index (χ2n) is 6.06. The molecule has 2 N–H and O–H groups in total. The Balaban J connectivity index is 1.66. The third kappa shape index (κ3) is 4.74. The molecule has 0 aliphatic carbocycles. The molecule has 2 aromatic carbocycles. The number of pyridine rings is 1. The third-order valence-corrected chi connectivity index (χ3v) is 5.70. The van der Waals surface area contributed by atoms with E-state index in [0.29, 0.717) is 28.4 Å². The first-order valence-corrected chi connectivity index (χ1v) is 10.2. The Bertz CT molecular complexity index is 1160. The molecule has 0 unspecified atom stereocenters. The number of rotatable bonds is 8. The van der Waals surface area contributed by atoms with Gasteiger partial charge in [-0.05, 0) is 48.5 Å². The molecule has 0 aliphatic heterocycles. The molecule has 9 heteroatoms. The van der Waals surface area contributed by atoms with E-state index in [1.54, 1.807) is 43.5 Å². The molecular weight excluding hydrogens is 392 g/mol. The summed E-state index contributed by atoms with van der Waals surface area (Å²) in [7, 11) is -0.556. The molecule has 150 valence electrons. The minimum atomic E-state index is -3.64. The van der Waals surface area contributed by atoms with E-state index in [-0.39, 0.29) is 18.0 Å². The number of fused-ring (bicyclic) bond motifs is 1. The van der Waals surface area contributed by atoms with Crippen molar-refractivity contribution < 1.29 is 17.9 Å². The molecule has 0 saturated carbocycles. The normalized spacial score (nSPS) is 11.1. The van der Waals surface area contributed by atoms with Crippen LogP contribution in [0.5, 0.6) is 11.5 Å². The lowest BCUT2D eigenvalue weighted by Gasteiger charge is -2.11. The summed E-state index contributed by atoms with van der Waals surface area (Å²) in [5.74, 6) is 1.65. The molecule has 1 aromatic heterocycles. The second-order valence-corrected chi connectivity index (χ2v) is 7.82. The topological polar surface area (TPSA) is 113 Å². The van der Waals surface area contributed by atoms with Crippen LogP contribution in [0.25, 0.3) is 10.9 Å². The van der Waals surface area contributed by atoms with Crippen molar-refractivity contribution in [3.63, 3.8) is 0 Å². The number of ether oxygens (including phenoxy) is 2. The molecule has 0 fully saturated rings. The van der Waals surface area contributed by atoms with Gasteiger partial charge in [0.25, 0.3) is 0 Å². The van der Waals surface area contributed by atoms with Gasteiger partial charge >= 0.3 is 0 Å². The van der Waals surface area contributed by atoms with E-state index in [1.807, 2.05) is 0 Å². The third-order valence-electron chi connectivity index (χ3n) is 4.22. The highest BCUT2D eigenvalue weighted by Crippen LogP contribution is 2.24. The molecule has 3 rings (SSSR count). The van der Waals surface area contributed by atoms with Crippen LogP contribution in [0.2, 0.25) is 0 Å². The van der Waals surface area contributed by atoms with Gasteiger partial charge in [-0.2, -0.15) is 5.26 Å². The minimum Gasteiger partial charge on any atom is -0.497 e. The number of sulfonamides is 1. The largest absolute Gasteiger partial charge is 0.497 e. The van der Waals surface area contributed by atoms with Crippen LogP contribution in [0.1, 0.15) is 5.56 Å². The van der Waals surface area contributed by atoms with E-state index in [9.17, 15) is 13.7 Å². The first-order valence-electron chi connectivity index (χ1n) is 8.73. The fourth-order valence-corrected chi connectivity index (χ4v) is 3.74. The Hall–Kier alpha value is -3.35. The summed E-state index contributed by atoms with van der Waals surface area (Å²) >= 11 is 0. The average Bonchev–Trinajstić information content (AvgIpc) is 2.75. The predicted octanol–water partition coefficient (Wildman–Crippen LogP) is 2.51. The van der Waals surface area contributed by atoms with Gasteiger partial charge in [-0.3, -0.25) is 0 Å². The number of aromatic nitrogens is 1. The van der Waals surface area contributed by atoms with Crippen LogP contribution >= 0.6 is 0 Å². The van der Waals surface area contributed by atoms with Crippen molar-refractivity contribution in [2.45, 2.75) is 4.90 Å². The molecule has 0 atom stereocenters. The molecular formula is C20H20N4O4S. The van der Waals surface area contributed by atoms with Gasteiger partial charge in [-0.1, -0.05) is 0 Å². The highest BCUT2D eigenvalue weighted by Gasteiger charge is 2.13. The van der Waals surface area contributed by atoms with Gasteiger partial charge in [0.15, 0.2) is 0 Å². The molecule has 0 amide bonds. The van der Waals surface area contributed by atoms with Crippen LogP contribution in [-0.2, 0) is 10.0 Å². The Labute approximate surface area is 169 Å². The monoisotopic (exact) mass is 412 g/mol. The fourth-order valence-electron chi connectivity index (χ4n) is 2.71. The molecule has 0 bridgehead atoms. The number of hydrogen-bond donors (Lipinski definition) is 2. The maximum Gasteiger partial charge on any atom is 0.240 e. The number of hydrogen-bond acceptors (Lipinski definition) is 7. The van der Waals surface area contributed by atoms with Gasteiger partial charge in [0.2, 0.25) is 10.0 Å². The second kappa shape index (κ2) is 8.77. The van der Waals surface area contributed by atoms with Crippen LogP contribution in [0.15, 0.2) is 53.4 Å². The summed E-state index contributed by atoms with van der Waals surface area (Å²) in [4.78, 5) is 4.60. The van der Waals surface area contributed by atoms with E-state index >= 15 is 0 Å². The average molecular weight is 412 g/mol. The van der Waals surface area contributed by atoms with Crippen LogP contribution < -0.4 is 19.5 Å². The SMILES string of the molecule is COc1ccc(S(=O)(=O)NCCNc2nc3ccc(OC)cc3cc2C#N)cc1. The quantitative estimate of drug-likeness (QED) is 0.547. The maximum atomic E-state index is 12.3. The van der Waals surface area contributed by atoms with Crippen molar-refractivity contribution in [2.75, 3.05) is 32.6 Å². The fraction of sp³-hybridized carbons (Fsp3) is 0.200. The summed E-state index contributed by atoms with van der Waals surface area (Å²) in [5.41, 5.74) is 1.06. The molecule has 29 heavy (non-hydrogen) atoms. The lowest BCUT2D eigenvalue weighted by molar-refractivity contribution is 0.414. The molecule has 3 aromatic rings. The van der Waals surface area contributed by atoms with E-state index < -0.39 is 10.0 Å². The zero-order valence-corrected chi connectivity index (χ0v) is 16.8. The lowest BCUT2D eigenvalue weighted by Crippen LogP contribution is -2.29. The Morgan fingerprint density at radius 3 is 2.34 bits per heavy atom. The predicted molar refractivity (Wildman–Crippen MR) is 110 cm³/mol. The molecule has 0 radical (unpaired) electrons. The highest BCUT2D eigenvalue weighted by atomic mass is 32.2. The van der Waals surface area contributed by atoms with E-state index in [0.717, 1.165) is 5.39 Å². The Morgan fingerprint density at radius 2 is 1.69 bits per heavy atom. The summed E-state index contributed by atoms with van der Waals surface area (Å²) in [6.07, 6.45) is 0. The number of methoxy groups -OCH3 is 2. The lowest BCUT2D eigenvalue weighted by atomic mass is 10.1. The van der Waals surface area contributed by atoms with Crippen LogP contribution in [0, 0.1) is 11.3 Å². The van der Waals surface area contributed by atoms with Crippen molar-refractivity contribution in [3.05, 3.63) is 54.1 Å². The van der Waals surface area contributed by atoms with Gasteiger partial charge in [-0.25, -0.2) is 18.1 Å². The van der Waals surface area contributed by atoms with Crippen molar-refractivity contribution in [1.29, 1.82) is 5.26 Å². The zero-order valence-electron chi connectivity index (χ0n) is 16.0. The van der Waals surface area contributed by atoms with E-state index in [2.05, 4.69) is 21.1 Å². The number of anilines is 1. The number of nitriles is 1. The smallest absolute Gasteiger partial charge is 0.240 e. The highest BCUT2D eigenvalue weighted by molar-refractivity contribution is 7.89. The van der Waals surface area contributed by atoms with Crippen molar-refractivity contribution >= 4 is 26.7 Å². The van der Waals surface area contributed by atoms with E-state index in [4.69, 9.17) is 9.47 Å². The first-order chi connectivity index (χ1) is 14.0. The molecule has 1 heterocycles. The van der Waals surface area contributed by atoms with Gasteiger partial charge in [-0.15, -0.1) is 0 Å². The summed E-state index contributed by atoms with van der Waals surface area (Å²) in [6, 6.07) is 15.3. The van der Waals surface area contributed by atoms with Crippen molar-refractivity contribution in [1.82, 2.24) is 9.71 Å².